The summed E-state index contributed by atoms with van der Waals surface area (Å²) < 4.78 is 27.9. The zero-order valence-corrected chi connectivity index (χ0v) is 13.5. The molecule has 2 aromatic rings. The third-order valence-electron chi connectivity index (χ3n) is 2.27. The average Bonchev–Trinajstić information content (AvgIpc) is 2.35. The summed E-state index contributed by atoms with van der Waals surface area (Å²) in [7, 11) is -3.70. The highest BCUT2D eigenvalue weighted by atomic mass is 79.9. The van der Waals surface area contributed by atoms with Gasteiger partial charge < -0.3 is 5.73 Å². The molecular weight excluding hydrogens is 398 g/mol. The van der Waals surface area contributed by atoms with Gasteiger partial charge in [0.1, 0.15) is 0 Å². The first-order valence-corrected chi connectivity index (χ1v) is 8.15. The summed E-state index contributed by atoms with van der Waals surface area (Å²) in [5.41, 5.74) is 6.10. The molecule has 0 atom stereocenters. The normalized spacial score (nSPS) is 11.3. The van der Waals surface area contributed by atoms with Crippen LogP contribution >= 0.6 is 31.9 Å². The van der Waals surface area contributed by atoms with Crippen molar-refractivity contribution in [3.8, 4) is 0 Å². The van der Waals surface area contributed by atoms with Crippen LogP contribution in [0.15, 0.2) is 50.4 Å². The van der Waals surface area contributed by atoms with Crippen molar-refractivity contribution in [2.45, 2.75) is 4.90 Å². The van der Waals surface area contributed by atoms with Crippen molar-refractivity contribution in [1.29, 1.82) is 0 Å². The number of nitrogens with one attached hydrogen (secondary N) is 1. The number of nitrogens with two attached hydrogens (primary N) is 1. The van der Waals surface area contributed by atoms with Crippen molar-refractivity contribution in [3.05, 3.63) is 45.5 Å². The van der Waals surface area contributed by atoms with E-state index in [1.807, 2.05) is 0 Å². The van der Waals surface area contributed by atoms with E-state index in [-0.39, 0.29) is 10.7 Å². The molecule has 0 bridgehead atoms. The smallest absolute Gasteiger partial charge is 0.263 e. The number of halogens is 2. The Morgan fingerprint density at radius 3 is 2.53 bits per heavy atom. The maximum absolute atomic E-state index is 12.2. The van der Waals surface area contributed by atoms with E-state index in [0.29, 0.717) is 14.6 Å². The number of pyridine rings is 1. The predicted molar refractivity (Wildman–Crippen MR) is 81.3 cm³/mol. The summed E-state index contributed by atoms with van der Waals surface area (Å²) in [6.45, 7) is 0. The molecule has 0 aliphatic heterocycles. The van der Waals surface area contributed by atoms with Crippen LogP contribution in [0.1, 0.15) is 0 Å². The van der Waals surface area contributed by atoms with Gasteiger partial charge in [-0.2, -0.15) is 0 Å². The molecule has 19 heavy (non-hydrogen) atoms. The molecule has 5 nitrogen and oxygen atoms in total. The van der Waals surface area contributed by atoms with E-state index in [1.165, 1.54) is 24.4 Å². The van der Waals surface area contributed by atoms with Crippen molar-refractivity contribution in [2.75, 3.05) is 10.5 Å². The molecule has 0 fully saturated rings. The number of sulfonamides is 1. The Kier molecular flexibility index (Phi) is 4.12. The molecule has 1 heterocycles. The molecule has 1 aromatic heterocycles. The zero-order valence-electron chi connectivity index (χ0n) is 9.47. The lowest BCUT2D eigenvalue weighted by Crippen LogP contribution is -2.14. The Morgan fingerprint density at radius 1 is 1.16 bits per heavy atom. The molecule has 2 rings (SSSR count). The molecule has 0 aliphatic rings. The summed E-state index contributed by atoms with van der Waals surface area (Å²) in [6, 6.07) is 7.78. The van der Waals surface area contributed by atoms with Gasteiger partial charge >= 0.3 is 0 Å². The third-order valence-corrected chi connectivity index (χ3v) is 4.94. The lowest BCUT2D eigenvalue weighted by atomic mass is 10.3. The van der Waals surface area contributed by atoms with Gasteiger partial charge in [0.05, 0.1) is 9.37 Å². The van der Waals surface area contributed by atoms with Crippen LogP contribution in [0.4, 0.5) is 11.5 Å². The van der Waals surface area contributed by atoms with Crippen LogP contribution in [0.3, 0.4) is 0 Å². The second-order valence-electron chi connectivity index (χ2n) is 3.62. The topological polar surface area (TPSA) is 85.1 Å². The molecule has 0 aliphatic carbocycles. The molecule has 3 N–H and O–H groups in total. The second-order valence-corrected chi connectivity index (χ2v) is 7.01. The minimum absolute atomic E-state index is 0.103. The first-order chi connectivity index (χ1) is 8.90. The molecule has 0 amide bonds. The first-order valence-electron chi connectivity index (χ1n) is 5.08. The van der Waals surface area contributed by atoms with Gasteiger partial charge in [-0.05, 0) is 62.2 Å². The first kappa shape index (κ1) is 14.3. The van der Waals surface area contributed by atoms with E-state index in [9.17, 15) is 8.42 Å². The molecule has 1 aromatic carbocycles. The molecule has 0 radical (unpaired) electrons. The van der Waals surface area contributed by atoms with Gasteiger partial charge in [-0.3, -0.25) is 4.72 Å². The average molecular weight is 407 g/mol. The second kappa shape index (κ2) is 5.48. The third kappa shape index (κ3) is 3.26. The fourth-order valence-corrected chi connectivity index (χ4v) is 3.39. The number of nitrogen functional groups attached to an aromatic ring is 1. The largest absolute Gasteiger partial charge is 0.398 e. The lowest BCUT2D eigenvalue weighted by Gasteiger charge is -2.09. The molecule has 0 saturated carbocycles. The van der Waals surface area contributed by atoms with Crippen LogP contribution in [0, 0.1) is 0 Å². The monoisotopic (exact) mass is 405 g/mol. The highest BCUT2D eigenvalue weighted by molar-refractivity contribution is 9.11. The highest BCUT2D eigenvalue weighted by Gasteiger charge is 2.17. The number of hydrogen-bond donors (Lipinski definition) is 2. The quantitative estimate of drug-likeness (QED) is 0.767. The minimum atomic E-state index is -3.70. The van der Waals surface area contributed by atoms with Crippen LogP contribution in [0.2, 0.25) is 0 Å². The Labute approximate surface area is 127 Å². The van der Waals surface area contributed by atoms with Crippen LogP contribution < -0.4 is 10.5 Å². The Hall–Kier alpha value is -1.12. The molecule has 0 saturated heterocycles. The van der Waals surface area contributed by atoms with Crippen molar-refractivity contribution in [1.82, 2.24) is 4.98 Å². The van der Waals surface area contributed by atoms with Gasteiger partial charge in [-0.15, -0.1) is 0 Å². The van der Waals surface area contributed by atoms with Crippen LogP contribution in [-0.2, 0) is 10.0 Å². The van der Waals surface area contributed by atoms with Gasteiger partial charge in [0.25, 0.3) is 10.0 Å². The number of hydrogen-bond acceptors (Lipinski definition) is 4. The summed E-state index contributed by atoms with van der Waals surface area (Å²) in [5, 5.41) is 0. The maximum Gasteiger partial charge on any atom is 0.263 e. The lowest BCUT2D eigenvalue weighted by molar-refractivity contribution is 0.601. The zero-order chi connectivity index (χ0) is 14.0. The van der Waals surface area contributed by atoms with E-state index < -0.39 is 10.0 Å². The Balaban J connectivity index is 2.38. The van der Waals surface area contributed by atoms with E-state index in [4.69, 9.17) is 5.73 Å². The van der Waals surface area contributed by atoms with Gasteiger partial charge in [0.2, 0.25) is 0 Å². The van der Waals surface area contributed by atoms with Crippen molar-refractivity contribution < 1.29 is 8.42 Å². The minimum Gasteiger partial charge on any atom is -0.398 e. The molecule has 0 spiro atoms. The highest BCUT2D eigenvalue weighted by Crippen LogP contribution is 2.26. The molecular formula is C11H9Br2N3O2S. The van der Waals surface area contributed by atoms with Crippen molar-refractivity contribution >= 4 is 53.4 Å². The van der Waals surface area contributed by atoms with E-state index in [2.05, 4.69) is 41.6 Å². The number of aromatic nitrogens is 1. The van der Waals surface area contributed by atoms with Crippen LogP contribution in [0.5, 0.6) is 0 Å². The number of anilines is 2. The fourth-order valence-electron chi connectivity index (χ4n) is 1.32. The molecule has 8 heteroatoms. The van der Waals surface area contributed by atoms with Gasteiger partial charge in [-0.25, -0.2) is 13.4 Å². The summed E-state index contributed by atoms with van der Waals surface area (Å²) in [5.74, 6) is 0.232. The Morgan fingerprint density at radius 2 is 1.89 bits per heavy atom. The molecule has 100 valence electrons. The summed E-state index contributed by atoms with van der Waals surface area (Å²) >= 11 is 6.43. The van der Waals surface area contributed by atoms with E-state index in [0.717, 1.165) is 0 Å². The summed E-state index contributed by atoms with van der Waals surface area (Å²) in [6.07, 6.45) is 1.50. The van der Waals surface area contributed by atoms with Gasteiger partial charge in [0.15, 0.2) is 5.82 Å². The van der Waals surface area contributed by atoms with Crippen LogP contribution in [-0.4, -0.2) is 13.4 Å². The van der Waals surface area contributed by atoms with Crippen LogP contribution in [0.25, 0.3) is 0 Å². The van der Waals surface area contributed by atoms with Gasteiger partial charge in [0, 0.05) is 16.4 Å². The van der Waals surface area contributed by atoms with Crippen molar-refractivity contribution in [2.24, 2.45) is 0 Å². The Bertz CT molecular complexity index is 720. The van der Waals surface area contributed by atoms with Gasteiger partial charge in [-0.1, -0.05) is 0 Å². The maximum atomic E-state index is 12.2. The standard InChI is InChI=1S/C11H9Br2N3O2S/c12-8-2-1-5-15-11(8)16-19(17,18)7-3-4-10(14)9(13)6-7/h1-6H,14H2,(H,15,16). The SMILES string of the molecule is Nc1ccc(S(=O)(=O)Nc2ncccc2Br)cc1Br. The number of rotatable bonds is 3. The van der Waals surface area contributed by atoms with E-state index >= 15 is 0 Å². The van der Waals surface area contributed by atoms with Crippen molar-refractivity contribution in [3.63, 3.8) is 0 Å². The predicted octanol–water partition coefficient (Wildman–Crippen LogP) is 2.99. The molecule has 0 unspecified atom stereocenters. The van der Waals surface area contributed by atoms with E-state index in [1.54, 1.807) is 12.1 Å². The summed E-state index contributed by atoms with van der Waals surface area (Å²) in [4.78, 5) is 4.06. The number of benzene rings is 1. The number of nitrogens with zero attached hydrogens (tertiary/aromatic N) is 1. The fraction of sp³-hybridized carbons (Fsp3) is 0.